The van der Waals surface area contributed by atoms with Crippen molar-refractivity contribution in [1.82, 2.24) is 0 Å². The zero-order valence-corrected chi connectivity index (χ0v) is 15.8. The van der Waals surface area contributed by atoms with Crippen LogP contribution in [0, 0.1) is 11.7 Å². The smallest absolute Gasteiger partial charge is 0.338 e. The van der Waals surface area contributed by atoms with E-state index in [4.69, 9.17) is 51.5 Å². The molecule has 0 bridgehead atoms. The van der Waals surface area contributed by atoms with Crippen molar-refractivity contribution in [1.29, 1.82) is 0 Å². The van der Waals surface area contributed by atoms with Crippen LogP contribution in [0.4, 0.5) is 10.1 Å². The van der Waals surface area contributed by atoms with Gasteiger partial charge in [-0.25, -0.2) is 9.18 Å². The second kappa shape index (κ2) is 6.89. The Morgan fingerprint density at radius 3 is 2.38 bits per heavy atom. The molecule has 1 unspecified atom stereocenters. The molecule has 3 rings (SSSR count). The van der Waals surface area contributed by atoms with E-state index in [9.17, 15) is 14.0 Å². The zero-order chi connectivity index (χ0) is 19.2. The van der Waals surface area contributed by atoms with Gasteiger partial charge in [0.1, 0.15) is 10.2 Å². The van der Waals surface area contributed by atoms with Gasteiger partial charge in [-0.2, -0.15) is 0 Å². The fourth-order valence-corrected chi connectivity index (χ4v) is 3.90. The van der Waals surface area contributed by atoms with Crippen LogP contribution in [-0.4, -0.2) is 21.3 Å². The number of hydrogen-bond donors (Lipinski definition) is 2. The van der Waals surface area contributed by atoms with Gasteiger partial charge in [-0.1, -0.05) is 29.3 Å². The Balaban J connectivity index is 1.81. The van der Waals surface area contributed by atoms with Crippen LogP contribution in [0.1, 0.15) is 21.8 Å². The predicted molar refractivity (Wildman–Crippen MR) is 99.1 cm³/mol. The maximum Gasteiger partial charge on any atom is 0.338 e. The number of rotatable bonds is 4. The van der Waals surface area contributed by atoms with Gasteiger partial charge >= 0.3 is 5.97 Å². The van der Waals surface area contributed by atoms with E-state index in [0.29, 0.717) is 15.6 Å². The zero-order valence-electron chi connectivity index (χ0n) is 12.8. The summed E-state index contributed by atoms with van der Waals surface area (Å²) in [6, 6.07) is 8.07. The van der Waals surface area contributed by atoms with Crippen LogP contribution in [-0.2, 0) is 4.79 Å². The molecule has 136 valence electrons. The highest BCUT2D eigenvalue weighted by Gasteiger charge is 2.67. The van der Waals surface area contributed by atoms with E-state index in [1.54, 1.807) is 18.2 Å². The lowest BCUT2D eigenvalue weighted by Gasteiger charge is -2.07. The summed E-state index contributed by atoms with van der Waals surface area (Å²) < 4.78 is 12.1. The average molecular weight is 437 g/mol. The van der Waals surface area contributed by atoms with Crippen molar-refractivity contribution >= 4 is 64.0 Å². The normalized spacial score (nSPS) is 20.5. The standard InChI is InChI=1S/C17H10Cl4FNO3/c18-10-3-1-7(5-11(10)19)13-14(17(13,20)21)15(24)23-8-2-4-12(22)9(6-8)16(25)26/h1-6,13-14H,(H,23,24)(H,25,26)/t13?,14-/m1/s1. The molecule has 1 saturated carbocycles. The lowest BCUT2D eigenvalue weighted by molar-refractivity contribution is -0.117. The summed E-state index contributed by atoms with van der Waals surface area (Å²) in [6.45, 7) is 0. The molecule has 0 heterocycles. The number of carboxylic acids is 1. The van der Waals surface area contributed by atoms with Gasteiger partial charge in [0.25, 0.3) is 0 Å². The molecule has 2 aromatic carbocycles. The maximum atomic E-state index is 13.4. The largest absolute Gasteiger partial charge is 0.478 e. The molecule has 9 heteroatoms. The van der Waals surface area contributed by atoms with Gasteiger partial charge in [0.2, 0.25) is 5.91 Å². The van der Waals surface area contributed by atoms with Crippen molar-refractivity contribution in [2.75, 3.05) is 5.32 Å². The molecule has 0 aliphatic heterocycles. The minimum Gasteiger partial charge on any atom is -0.478 e. The third-order valence-corrected chi connectivity index (χ3v) is 5.78. The van der Waals surface area contributed by atoms with Crippen LogP contribution in [0.25, 0.3) is 0 Å². The Morgan fingerprint density at radius 2 is 1.77 bits per heavy atom. The Hall–Kier alpha value is -1.53. The number of carbonyl (C=O) groups is 2. The molecule has 2 aromatic rings. The highest BCUT2D eigenvalue weighted by Crippen LogP contribution is 2.65. The number of carboxylic acid groups (broad SMARTS) is 1. The molecule has 26 heavy (non-hydrogen) atoms. The van der Waals surface area contributed by atoms with Gasteiger partial charge in [0, 0.05) is 11.6 Å². The summed E-state index contributed by atoms with van der Waals surface area (Å²) in [7, 11) is 0. The number of hydrogen-bond acceptors (Lipinski definition) is 2. The van der Waals surface area contributed by atoms with Crippen molar-refractivity contribution < 1.29 is 19.1 Å². The lowest BCUT2D eigenvalue weighted by atomic mass is 10.1. The molecule has 1 aliphatic rings. The number of nitrogens with one attached hydrogen (secondary N) is 1. The summed E-state index contributed by atoms with van der Waals surface area (Å²) in [5.41, 5.74) is 0.218. The van der Waals surface area contributed by atoms with Crippen molar-refractivity contribution in [3.8, 4) is 0 Å². The number of halogens is 5. The molecule has 1 fully saturated rings. The van der Waals surface area contributed by atoms with Crippen molar-refractivity contribution in [3.63, 3.8) is 0 Å². The fourth-order valence-electron chi connectivity index (χ4n) is 2.76. The predicted octanol–water partition coefficient (Wildman–Crippen LogP) is 5.36. The summed E-state index contributed by atoms with van der Waals surface area (Å²) >= 11 is 24.4. The molecular formula is C17H10Cl4FNO3. The first-order chi connectivity index (χ1) is 12.1. The van der Waals surface area contributed by atoms with Gasteiger partial charge in [-0.05, 0) is 35.9 Å². The summed E-state index contributed by atoms with van der Waals surface area (Å²) in [5, 5.41) is 12.1. The number of aromatic carboxylic acids is 1. The molecule has 2 N–H and O–H groups in total. The third-order valence-electron chi connectivity index (χ3n) is 4.10. The molecule has 1 amide bonds. The highest BCUT2D eigenvalue weighted by atomic mass is 35.5. The molecule has 0 radical (unpaired) electrons. The Bertz CT molecular complexity index is 919. The van der Waals surface area contributed by atoms with Crippen LogP contribution < -0.4 is 5.32 Å². The monoisotopic (exact) mass is 435 g/mol. The van der Waals surface area contributed by atoms with Crippen molar-refractivity contribution in [2.24, 2.45) is 5.92 Å². The van der Waals surface area contributed by atoms with Gasteiger partial charge in [0.05, 0.1) is 21.5 Å². The summed E-state index contributed by atoms with van der Waals surface area (Å²) in [6.07, 6.45) is 0. The minimum atomic E-state index is -1.44. The lowest BCUT2D eigenvalue weighted by Crippen LogP contribution is -2.17. The second-order valence-corrected chi connectivity index (χ2v) is 8.05. The fraction of sp³-hybridized carbons (Fsp3) is 0.176. The molecule has 2 atom stereocenters. The topological polar surface area (TPSA) is 66.4 Å². The van der Waals surface area contributed by atoms with Crippen molar-refractivity contribution in [2.45, 2.75) is 10.3 Å². The number of benzene rings is 2. The summed E-state index contributed by atoms with van der Waals surface area (Å²) in [4.78, 5) is 23.5. The molecule has 0 saturated heterocycles. The van der Waals surface area contributed by atoms with E-state index in [0.717, 1.165) is 12.1 Å². The van der Waals surface area contributed by atoms with Gasteiger partial charge in [0.15, 0.2) is 0 Å². The first-order valence-corrected chi connectivity index (χ1v) is 8.80. The maximum absolute atomic E-state index is 13.4. The van der Waals surface area contributed by atoms with Crippen LogP contribution in [0.5, 0.6) is 0 Å². The molecule has 4 nitrogen and oxygen atoms in total. The third kappa shape index (κ3) is 3.49. The average Bonchev–Trinajstić information content (AvgIpc) is 3.14. The first kappa shape index (κ1) is 19.2. The van der Waals surface area contributed by atoms with Crippen LogP contribution in [0.15, 0.2) is 36.4 Å². The number of carbonyl (C=O) groups excluding carboxylic acids is 1. The van der Waals surface area contributed by atoms with Gasteiger partial charge in [-0.15, -0.1) is 23.2 Å². The number of anilines is 1. The van der Waals surface area contributed by atoms with Crippen LogP contribution >= 0.6 is 46.4 Å². The quantitative estimate of drug-likeness (QED) is 0.634. The van der Waals surface area contributed by atoms with Crippen molar-refractivity contribution in [3.05, 3.63) is 63.4 Å². The summed E-state index contributed by atoms with van der Waals surface area (Å²) in [5.74, 6) is -4.17. The molecular weight excluding hydrogens is 427 g/mol. The Labute approximate surface area is 167 Å². The number of alkyl halides is 2. The highest BCUT2D eigenvalue weighted by molar-refractivity contribution is 6.53. The molecule has 1 aliphatic carbocycles. The first-order valence-electron chi connectivity index (χ1n) is 7.29. The molecule has 0 aromatic heterocycles. The van der Waals surface area contributed by atoms with Gasteiger partial charge < -0.3 is 10.4 Å². The Kier molecular flexibility index (Phi) is 5.10. The Morgan fingerprint density at radius 1 is 1.08 bits per heavy atom. The van der Waals surface area contributed by atoms with E-state index >= 15 is 0 Å². The minimum absolute atomic E-state index is 0.123. The molecule has 0 spiro atoms. The second-order valence-electron chi connectivity index (χ2n) is 5.79. The van der Waals surface area contributed by atoms with E-state index in [1.807, 2.05) is 0 Å². The van der Waals surface area contributed by atoms with E-state index in [-0.39, 0.29) is 5.69 Å². The van der Waals surface area contributed by atoms with Crippen LogP contribution in [0.3, 0.4) is 0 Å². The van der Waals surface area contributed by atoms with E-state index < -0.39 is 39.4 Å². The van der Waals surface area contributed by atoms with E-state index in [1.165, 1.54) is 6.07 Å². The number of amides is 1. The van der Waals surface area contributed by atoms with E-state index in [2.05, 4.69) is 5.32 Å². The van der Waals surface area contributed by atoms with Gasteiger partial charge in [-0.3, -0.25) is 4.79 Å². The SMILES string of the molecule is O=C(O)c1cc(NC(=O)[C@H]2C(c3ccc(Cl)c(Cl)c3)C2(Cl)Cl)ccc1F. The van der Waals surface area contributed by atoms with Crippen LogP contribution in [0.2, 0.25) is 10.0 Å².